The number of imidazole rings is 1. The van der Waals surface area contributed by atoms with Crippen LogP contribution in [0.15, 0.2) is 35.1 Å². The first-order valence-electron chi connectivity index (χ1n) is 7.48. The molecular formula is C15H16N6O2. The van der Waals surface area contributed by atoms with Gasteiger partial charge in [0.15, 0.2) is 11.3 Å². The Bertz CT molecular complexity index is 854. The fourth-order valence-corrected chi connectivity index (χ4v) is 2.79. The number of fused-ring (bicyclic) bond motifs is 1. The molecule has 4 rings (SSSR count). The first kappa shape index (κ1) is 13.7. The van der Waals surface area contributed by atoms with Crippen molar-refractivity contribution in [1.82, 2.24) is 24.7 Å². The highest BCUT2D eigenvalue weighted by atomic mass is 16.5. The molecule has 0 spiro atoms. The van der Waals surface area contributed by atoms with E-state index in [4.69, 9.17) is 4.52 Å². The molecule has 8 nitrogen and oxygen atoms in total. The Morgan fingerprint density at radius 2 is 2.35 bits per heavy atom. The van der Waals surface area contributed by atoms with Crippen LogP contribution in [-0.2, 0) is 0 Å². The van der Waals surface area contributed by atoms with Crippen LogP contribution >= 0.6 is 0 Å². The highest BCUT2D eigenvalue weighted by Gasteiger charge is 2.28. The van der Waals surface area contributed by atoms with Gasteiger partial charge in [-0.1, -0.05) is 5.16 Å². The van der Waals surface area contributed by atoms with Gasteiger partial charge in [-0.15, -0.1) is 5.10 Å². The Morgan fingerprint density at radius 1 is 1.43 bits per heavy atom. The maximum absolute atomic E-state index is 12.3. The van der Waals surface area contributed by atoms with E-state index in [1.165, 1.54) is 0 Å². The van der Waals surface area contributed by atoms with Crippen molar-refractivity contribution in [3.8, 4) is 0 Å². The third-order valence-corrected chi connectivity index (χ3v) is 3.93. The molecule has 0 aromatic carbocycles. The molecule has 1 N–H and O–H groups in total. The Morgan fingerprint density at radius 3 is 3.17 bits per heavy atom. The molecule has 23 heavy (non-hydrogen) atoms. The summed E-state index contributed by atoms with van der Waals surface area (Å²) in [5.41, 5.74) is 1.17. The number of rotatable bonds is 3. The topological polar surface area (TPSA) is 88.6 Å². The van der Waals surface area contributed by atoms with Gasteiger partial charge in [0.2, 0.25) is 0 Å². The number of aryl methyl sites for hydroxylation is 1. The molecule has 118 valence electrons. The normalized spacial score (nSPS) is 17.8. The summed E-state index contributed by atoms with van der Waals surface area (Å²) in [5.74, 6) is 1.32. The summed E-state index contributed by atoms with van der Waals surface area (Å²) in [6.45, 7) is 3.08. The van der Waals surface area contributed by atoms with Crippen molar-refractivity contribution in [3.63, 3.8) is 0 Å². The molecule has 1 aliphatic rings. The van der Waals surface area contributed by atoms with Crippen LogP contribution < -0.4 is 5.32 Å². The maximum Gasteiger partial charge on any atom is 0.276 e. The zero-order valence-electron chi connectivity index (χ0n) is 12.6. The molecule has 1 amide bonds. The van der Waals surface area contributed by atoms with Gasteiger partial charge in [0.05, 0.1) is 0 Å². The number of aromatic nitrogens is 4. The van der Waals surface area contributed by atoms with E-state index in [1.54, 1.807) is 34.8 Å². The zero-order chi connectivity index (χ0) is 15.8. The van der Waals surface area contributed by atoms with Crippen molar-refractivity contribution in [1.29, 1.82) is 0 Å². The lowest BCUT2D eigenvalue weighted by atomic mass is 10.2. The van der Waals surface area contributed by atoms with E-state index < -0.39 is 0 Å². The standard InChI is InChI=1S/C15H16N6O2/c1-10-8-12(19-23-10)15(22)20-6-4-11(9-20)17-13-2-3-14-16-5-7-21(14)18-13/h2-3,5,7-8,11H,4,6,9H2,1H3,(H,17,18)/t11-/m1/s1. The predicted molar refractivity (Wildman–Crippen MR) is 82.2 cm³/mol. The van der Waals surface area contributed by atoms with Gasteiger partial charge in [-0.05, 0) is 25.5 Å². The summed E-state index contributed by atoms with van der Waals surface area (Å²) in [4.78, 5) is 18.3. The summed E-state index contributed by atoms with van der Waals surface area (Å²) in [5, 5.41) is 11.6. The predicted octanol–water partition coefficient (Wildman–Crippen LogP) is 1.35. The molecule has 3 aromatic heterocycles. The highest BCUT2D eigenvalue weighted by molar-refractivity contribution is 5.92. The third-order valence-electron chi connectivity index (χ3n) is 3.93. The van der Waals surface area contributed by atoms with Gasteiger partial charge < -0.3 is 14.7 Å². The monoisotopic (exact) mass is 312 g/mol. The highest BCUT2D eigenvalue weighted by Crippen LogP contribution is 2.17. The molecule has 0 unspecified atom stereocenters. The first-order chi connectivity index (χ1) is 11.2. The van der Waals surface area contributed by atoms with Gasteiger partial charge in [-0.2, -0.15) is 0 Å². The number of likely N-dealkylation sites (tertiary alicyclic amines) is 1. The Kier molecular flexibility index (Phi) is 3.22. The number of hydrogen-bond acceptors (Lipinski definition) is 6. The van der Waals surface area contributed by atoms with Crippen molar-refractivity contribution in [2.75, 3.05) is 18.4 Å². The van der Waals surface area contributed by atoms with E-state index in [0.717, 1.165) is 17.9 Å². The minimum Gasteiger partial charge on any atom is -0.364 e. The summed E-state index contributed by atoms with van der Waals surface area (Å²) < 4.78 is 6.69. The Labute approximate surface area is 132 Å². The average molecular weight is 312 g/mol. The fraction of sp³-hybridized carbons (Fsp3) is 0.333. The Hall–Kier alpha value is -2.90. The van der Waals surface area contributed by atoms with Crippen molar-refractivity contribution >= 4 is 17.4 Å². The summed E-state index contributed by atoms with van der Waals surface area (Å²) in [6.07, 6.45) is 4.38. The molecule has 0 aliphatic carbocycles. The van der Waals surface area contributed by atoms with Crippen molar-refractivity contribution in [2.45, 2.75) is 19.4 Å². The molecular weight excluding hydrogens is 296 g/mol. The lowest BCUT2D eigenvalue weighted by molar-refractivity contribution is 0.0781. The van der Waals surface area contributed by atoms with Gasteiger partial charge in [-0.25, -0.2) is 9.50 Å². The van der Waals surface area contributed by atoms with E-state index >= 15 is 0 Å². The molecule has 0 saturated carbocycles. The smallest absolute Gasteiger partial charge is 0.276 e. The third kappa shape index (κ3) is 2.63. The van der Waals surface area contributed by atoms with Crippen LogP contribution in [-0.4, -0.2) is 49.7 Å². The number of hydrogen-bond donors (Lipinski definition) is 1. The lowest BCUT2D eigenvalue weighted by Crippen LogP contribution is -2.32. The second-order valence-electron chi connectivity index (χ2n) is 5.65. The van der Waals surface area contributed by atoms with Crippen LogP contribution in [0.4, 0.5) is 5.82 Å². The van der Waals surface area contributed by atoms with Crippen LogP contribution in [0.1, 0.15) is 22.7 Å². The van der Waals surface area contributed by atoms with E-state index in [0.29, 0.717) is 24.5 Å². The second-order valence-corrected chi connectivity index (χ2v) is 5.65. The van der Waals surface area contributed by atoms with Gasteiger partial charge in [0.1, 0.15) is 11.6 Å². The minimum atomic E-state index is -0.0934. The number of amides is 1. The molecule has 8 heteroatoms. The number of nitrogens with one attached hydrogen (secondary N) is 1. The molecule has 1 saturated heterocycles. The first-order valence-corrected chi connectivity index (χ1v) is 7.48. The quantitative estimate of drug-likeness (QED) is 0.785. The van der Waals surface area contributed by atoms with Crippen LogP contribution in [0.5, 0.6) is 0 Å². The summed E-state index contributed by atoms with van der Waals surface area (Å²) in [6, 6.07) is 5.64. The van der Waals surface area contributed by atoms with E-state index in [9.17, 15) is 4.79 Å². The molecule has 0 bridgehead atoms. The van der Waals surface area contributed by atoms with Gasteiger partial charge in [-0.3, -0.25) is 4.79 Å². The SMILES string of the molecule is Cc1cc(C(=O)N2CC[C@@H](Nc3ccc4nccn4n3)C2)no1. The number of nitrogens with zero attached hydrogens (tertiary/aromatic N) is 5. The molecule has 0 radical (unpaired) electrons. The molecule has 1 atom stereocenters. The maximum atomic E-state index is 12.3. The van der Waals surface area contributed by atoms with Crippen LogP contribution in [0.25, 0.3) is 5.65 Å². The van der Waals surface area contributed by atoms with Gasteiger partial charge in [0, 0.05) is 37.6 Å². The van der Waals surface area contributed by atoms with Crippen molar-refractivity contribution < 1.29 is 9.32 Å². The molecule has 3 aromatic rings. The average Bonchev–Trinajstić information content (AvgIpc) is 3.26. The van der Waals surface area contributed by atoms with Gasteiger partial charge in [0.25, 0.3) is 5.91 Å². The Balaban J connectivity index is 1.42. The van der Waals surface area contributed by atoms with Crippen LogP contribution in [0.2, 0.25) is 0 Å². The zero-order valence-corrected chi connectivity index (χ0v) is 12.6. The molecule has 1 aliphatic heterocycles. The van der Waals surface area contributed by atoms with Crippen molar-refractivity contribution in [3.05, 3.63) is 42.0 Å². The molecule has 4 heterocycles. The fourth-order valence-electron chi connectivity index (χ4n) is 2.79. The number of carbonyl (C=O) groups excluding carboxylic acids is 1. The largest absolute Gasteiger partial charge is 0.364 e. The van der Waals surface area contributed by atoms with E-state index in [2.05, 4.69) is 20.6 Å². The molecule has 1 fully saturated rings. The summed E-state index contributed by atoms with van der Waals surface area (Å²) in [7, 11) is 0. The summed E-state index contributed by atoms with van der Waals surface area (Å²) >= 11 is 0. The number of carbonyl (C=O) groups is 1. The van der Waals surface area contributed by atoms with Crippen LogP contribution in [0, 0.1) is 6.92 Å². The second kappa shape index (κ2) is 5.38. The van der Waals surface area contributed by atoms with Gasteiger partial charge >= 0.3 is 0 Å². The minimum absolute atomic E-state index is 0.0934. The number of anilines is 1. The van der Waals surface area contributed by atoms with Crippen molar-refractivity contribution in [2.24, 2.45) is 0 Å². The van der Waals surface area contributed by atoms with Crippen LogP contribution in [0.3, 0.4) is 0 Å². The lowest BCUT2D eigenvalue weighted by Gasteiger charge is -2.16. The van der Waals surface area contributed by atoms with E-state index in [1.807, 2.05) is 12.1 Å². The van der Waals surface area contributed by atoms with E-state index in [-0.39, 0.29) is 11.9 Å².